The van der Waals surface area contributed by atoms with Crippen molar-refractivity contribution in [3.8, 4) is 0 Å². The third kappa shape index (κ3) is 4.46. The molecule has 2 fully saturated rings. The van der Waals surface area contributed by atoms with Crippen LogP contribution in [-0.4, -0.2) is 37.1 Å². The largest absolute Gasteiger partial charge is 0.316 e. The summed E-state index contributed by atoms with van der Waals surface area (Å²) in [6.45, 7) is 9.69. The number of hydrogen-bond donors (Lipinski definition) is 1. The van der Waals surface area contributed by atoms with Crippen molar-refractivity contribution in [3.63, 3.8) is 0 Å². The van der Waals surface area contributed by atoms with Gasteiger partial charge in [-0.05, 0) is 50.6 Å². The van der Waals surface area contributed by atoms with E-state index in [1.807, 2.05) is 0 Å². The quantitative estimate of drug-likeness (QED) is 0.670. The summed E-state index contributed by atoms with van der Waals surface area (Å²) in [5, 5.41) is 3.74. The normalized spacial score (nSPS) is 23.6. The lowest BCUT2D eigenvalue weighted by Crippen LogP contribution is -2.48. The summed E-state index contributed by atoms with van der Waals surface area (Å²) in [4.78, 5) is 2.83. The summed E-state index contributed by atoms with van der Waals surface area (Å²) in [6, 6.07) is 0.893. The zero-order valence-corrected chi connectivity index (χ0v) is 13.9. The van der Waals surface area contributed by atoms with Crippen LogP contribution in [-0.2, 0) is 0 Å². The Bertz CT molecular complexity index is 252. The number of hydrogen-bond acceptors (Lipinski definition) is 2. The summed E-state index contributed by atoms with van der Waals surface area (Å²) >= 11 is 0. The van der Waals surface area contributed by atoms with Gasteiger partial charge in [0.05, 0.1) is 0 Å². The summed E-state index contributed by atoms with van der Waals surface area (Å²) in [5.41, 5.74) is 0.575. The van der Waals surface area contributed by atoms with Gasteiger partial charge in [-0.3, -0.25) is 0 Å². The molecule has 0 heterocycles. The van der Waals surface area contributed by atoms with Crippen LogP contribution < -0.4 is 5.32 Å². The zero-order chi connectivity index (χ0) is 14.3. The SMILES string of the molecule is CCCNCC1(CN(CC)C2CCCC2)CCCCC1. The maximum Gasteiger partial charge on any atom is 0.00953 e. The Hall–Kier alpha value is -0.0800. The van der Waals surface area contributed by atoms with Crippen LogP contribution in [0.15, 0.2) is 0 Å². The molecule has 0 aromatic rings. The van der Waals surface area contributed by atoms with Gasteiger partial charge in [0, 0.05) is 19.1 Å². The first-order valence-corrected chi connectivity index (χ1v) is 9.24. The molecule has 0 bridgehead atoms. The van der Waals surface area contributed by atoms with Crippen molar-refractivity contribution in [2.24, 2.45) is 5.41 Å². The fraction of sp³-hybridized carbons (Fsp3) is 1.00. The van der Waals surface area contributed by atoms with Crippen LogP contribution in [0.4, 0.5) is 0 Å². The van der Waals surface area contributed by atoms with Gasteiger partial charge in [-0.15, -0.1) is 0 Å². The molecule has 2 rings (SSSR count). The van der Waals surface area contributed by atoms with E-state index in [0.29, 0.717) is 5.41 Å². The number of nitrogens with one attached hydrogen (secondary N) is 1. The van der Waals surface area contributed by atoms with Crippen molar-refractivity contribution in [2.75, 3.05) is 26.2 Å². The standard InChI is InChI=1S/C18H36N2/c1-3-14-19-15-18(12-8-5-9-13-18)16-20(4-2)17-10-6-7-11-17/h17,19H,3-16H2,1-2H3. The highest BCUT2D eigenvalue weighted by atomic mass is 15.2. The minimum Gasteiger partial charge on any atom is -0.316 e. The summed E-state index contributed by atoms with van der Waals surface area (Å²) in [7, 11) is 0. The number of rotatable bonds is 8. The van der Waals surface area contributed by atoms with Gasteiger partial charge in [-0.1, -0.05) is 46.0 Å². The molecule has 0 unspecified atom stereocenters. The number of nitrogens with zero attached hydrogens (tertiary/aromatic N) is 1. The lowest BCUT2D eigenvalue weighted by atomic mass is 9.73. The third-order valence-corrected chi connectivity index (χ3v) is 5.63. The predicted molar refractivity (Wildman–Crippen MR) is 88.2 cm³/mol. The minimum atomic E-state index is 0.575. The Morgan fingerprint density at radius 1 is 1.00 bits per heavy atom. The maximum absolute atomic E-state index is 3.74. The van der Waals surface area contributed by atoms with Crippen LogP contribution in [0.1, 0.15) is 78.1 Å². The van der Waals surface area contributed by atoms with Crippen molar-refractivity contribution >= 4 is 0 Å². The predicted octanol–water partition coefficient (Wildman–Crippen LogP) is 4.20. The van der Waals surface area contributed by atoms with E-state index in [-0.39, 0.29) is 0 Å². The summed E-state index contributed by atoms with van der Waals surface area (Å²) < 4.78 is 0. The summed E-state index contributed by atoms with van der Waals surface area (Å²) in [5.74, 6) is 0. The van der Waals surface area contributed by atoms with E-state index in [9.17, 15) is 0 Å². The highest BCUT2D eigenvalue weighted by molar-refractivity contribution is 4.90. The maximum atomic E-state index is 3.74. The highest BCUT2D eigenvalue weighted by Gasteiger charge is 2.35. The van der Waals surface area contributed by atoms with Gasteiger partial charge < -0.3 is 10.2 Å². The summed E-state index contributed by atoms with van der Waals surface area (Å²) in [6.07, 6.45) is 14.4. The zero-order valence-electron chi connectivity index (χ0n) is 13.9. The molecule has 0 saturated heterocycles. The highest BCUT2D eigenvalue weighted by Crippen LogP contribution is 2.38. The van der Waals surface area contributed by atoms with E-state index in [0.717, 1.165) is 6.04 Å². The smallest absolute Gasteiger partial charge is 0.00953 e. The molecule has 1 N–H and O–H groups in total. The minimum absolute atomic E-state index is 0.575. The molecule has 2 aliphatic carbocycles. The van der Waals surface area contributed by atoms with E-state index >= 15 is 0 Å². The van der Waals surface area contributed by atoms with Crippen LogP contribution in [0.2, 0.25) is 0 Å². The lowest BCUT2D eigenvalue weighted by Gasteiger charge is -2.43. The second kappa shape index (κ2) is 8.38. The van der Waals surface area contributed by atoms with Gasteiger partial charge in [0.15, 0.2) is 0 Å². The van der Waals surface area contributed by atoms with E-state index < -0.39 is 0 Å². The van der Waals surface area contributed by atoms with Gasteiger partial charge in [-0.2, -0.15) is 0 Å². The van der Waals surface area contributed by atoms with Gasteiger partial charge in [0.1, 0.15) is 0 Å². The Labute approximate surface area is 126 Å². The average molecular weight is 280 g/mol. The first-order valence-electron chi connectivity index (χ1n) is 9.24. The fourth-order valence-electron chi connectivity index (χ4n) is 4.42. The molecule has 0 amide bonds. The Morgan fingerprint density at radius 2 is 1.70 bits per heavy atom. The first kappa shape index (κ1) is 16.3. The fourth-order valence-corrected chi connectivity index (χ4v) is 4.42. The average Bonchev–Trinajstić information content (AvgIpc) is 3.00. The second-order valence-corrected chi connectivity index (χ2v) is 7.24. The molecule has 118 valence electrons. The Morgan fingerprint density at radius 3 is 2.30 bits per heavy atom. The molecule has 0 radical (unpaired) electrons. The van der Waals surface area contributed by atoms with Crippen molar-refractivity contribution in [1.82, 2.24) is 10.2 Å². The Kier molecular flexibility index (Phi) is 6.83. The third-order valence-electron chi connectivity index (χ3n) is 5.63. The second-order valence-electron chi connectivity index (χ2n) is 7.24. The molecule has 0 aromatic carbocycles. The topological polar surface area (TPSA) is 15.3 Å². The van der Waals surface area contributed by atoms with Crippen molar-refractivity contribution in [2.45, 2.75) is 84.1 Å². The van der Waals surface area contributed by atoms with E-state index in [4.69, 9.17) is 0 Å². The van der Waals surface area contributed by atoms with Crippen LogP contribution in [0, 0.1) is 5.41 Å². The molecule has 2 saturated carbocycles. The molecule has 0 aliphatic heterocycles. The van der Waals surface area contributed by atoms with Crippen LogP contribution in [0.5, 0.6) is 0 Å². The van der Waals surface area contributed by atoms with E-state index in [1.165, 1.54) is 90.4 Å². The molecule has 20 heavy (non-hydrogen) atoms. The molecular weight excluding hydrogens is 244 g/mol. The van der Waals surface area contributed by atoms with Crippen molar-refractivity contribution < 1.29 is 0 Å². The molecule has 0 aromatic heterocycles. The van der Waals surface area contributed by atoms with Crippen LogP contribution in [0.3, 0.4) is 0 Å². The van der Waals surface area contributed by atoms with Crippen molar-refractivity contribution in [1.29, 1.82) is 0 Å². The van der Waals surface area contributed by atoms with E-state index in [1.54, 1.807) is 0 Å². The van der Waals surface area contributed by atoms with E-state index in [2.05, 4.69) is 24.1 Å². The lowest BCUT2D eigenvalue weighted by molar-refractivity contribution is 0.0793. The molecule has 0 atom stereocenters. The van der Waals surface area contributed by atoms with Gasteiger partial charge in [0.25, 0.3) is 0 Å². The Balaban J connectivity index is 1.93. The molecule has 2 aliphatic rings. The van der Waals surface area contributed by atoms with Gasteiger partial charge in [0.2, 0.25) is 0 Å². The monoisotopic (exact) mass is 280 g/mol. The molecule has 0 spiro atoms. The van der Waals surface area contributed by atoms with Crippen LogP contribution >= 0.6 is 0 Å². The molecule has 2 nitrogen and oxygen atoms in total. The van der Waals surface area contributed by atoms with Crippen LogP contribution in [0.25, 0.3) is 0 Å². The molecular formula is C18H36N2. The van der Waals surface area contributed by atoms with Crippen molar-refractivity contribution in [3.05, 3.63) is 0 Å². The first-order chi connectivity index (χ1) is 9.79. The molecule has 2 heteroatoms. The van der Waals surface area contributed by atoms with Gasteiger partial charge >= 0.3 is 0 Å². The van der Waals surface area contributed by atoms with Gasteiger partial charge in [-0.25, -0.2) is 0 Å².